The van der Waals surface area contributed by atoms with Crippen molar-refractivity contribution in [1.82, 2.24) is 5.32 Å². The van der Waals surface area contributed by atoms with Crippen LogP contribution in [0.4, 0.5) is 5.69 Å². The molecule has 1 heterocycles. The molecule has 1 aromatic carbocycles. The number of aliphatic carboxylic acids is 1. The van der Waals surface area contributed by atoms with Gasteiger partial charge in [-0.1, -0.05) is 31.9 Å². The number of carboxylic acids is 1. The lowest BCUT2D eigenvalue weighted by Crippen LogP contribution is -2.49. The second-order valence-corrected chi connectivity index (χ2v) is 5.34. The van der Waals surface area contributed by atoms with Gasteiger partial charge in [-0.05, 0) is 18.6 Å². The Balaban J connectivity index is 2.04. The normalized spacial score (nSPS) is 14.7. The summed E-state index contributed by atoms with van der Waals surface area (Å²) in [6.07, 6.45) is 1.91. The zero-order valence-electron chi connectivity index (χ0n) is 12.9. The topological polar surface area (TPSA) is 95.9 Å². The van der Waals surface area contributed by atoms with E-state index in [2.05, 4.69) is 5.32 Å². The van der Waals surface area contributed by atoms with Crippen LogP contribution in [0.2, 0.25) is 0 Å². The van der Waals surface area contributed by atoms with Crippen LogP contribution >= 0.6 is 0 Å². The molecule has 1 aromatic rings. The number of unbranched alkanes of at least 4 members (excludes halogenated alkanes) is 1. The summed E-state index contributed by atoms with van der Waals surface area (Å²) < 4.78 is 5.30. The van der Waals surface area contributed by atoms with E-state index < -0.39 is 17.9 Å². The molecule has 0 spiro atoms. The number of nitrogens with zero attached hydrogens (tertiary/aromatic N) is 1. The van der Waals surface area contributed by atoms with Crippen molar-refractivity contribution < 1.29 is 24.2 Å². The first-order chi connectivity index (χ1) is 11.0. The highest BCUT2D eigenvalue weighted by Crippen LogP contribution is 2.31. The van der Waals surface area contributed by atoms with Crippen molar-refractivity contribution in [2.75, 3.05) is 18.1 Å². The lowest BCUT2D eigenvalue weighted by Gasteiger charge is -2.29. The summed E-state index contributed by atoms with van der Waals surface area (Å²) in [5.41, 5.74) is 0.513. The van der Waals surface area contributed by atoms with Crippen LogP contribution < -0.4 is 15.0 Å². The SMILES string of the molecule is CCCC[C@H](NC(=O)CN1C(=O)COc2ccccc21)C(=O)O. The molecule has 1 aliphatic rings. The Morgan fingerprint density at radius 3 is 2.83 bits per heavy atom. The van der Waals surface area contributed by atoms with Gasteiger partial charge >= 0.3 is 5.97 Å². The largest absolute Gasteiger partial charge is 0.482 e. The zero-order valence-corrected chi connectivity index (χ0v) is 12.9. The number of ether oxygens (including phenoxy) is 1. The molecule has 124 valence electrons. The molecular formula is C16H20N2O5. The van der Waals surface area contributed by atoms with Crippen molar-refractivity contribution in [1.29, 1.82) is 0 Å². The minimum absolute atomic E-state index is 0.136. The van der Waals surface area contributed by atoms with Crippen LogP contribution in [0, 0.1) is 0 Å². The van der Waals surface area contributed by atoms with E-state index in [1.54, 1.807) is 24.3 Å². The average molecular weight is 320 g/mol. The second-order valence-electron chi connectivity index (χ2n) is 5.34. The van der Waals surface area contributed by atoms with E-state index in [1.165, 1.54) is 4.90 Å². The first kappa shape index (κ1) is 16.8. The number of anilines is 1. The fourth-order valence-corrected chi connectivity index (χ4v) is 2.38. The van der Waals surface area contributed by atoms with Gasteiger partial charge in [-0.2, -0.15) is 0 Å². The van der Waals surface area contributed by atoms with E-state index in [0.29, 0.717) is 24.3 Å². The molecule has 7 heteroatoms. The van der Waals surface area contributed by atoms with Gasteiger partial charge in [0.15, 0.2) is 6.61 Å². The number of carbonyl (C=O) groups is 3. The standard InChI is InChI=1S/C16H20N2O5/c1-2-3-6-11(16(21)22)17-14(19)9-18-12-7-4-5-8-13(12)23-10-15(18)20/h4-5,7-8,11H,2-3,6,9-10H2,1H3,(H,17,19)(H,21,22)/t11-/m0/s1. The zero-order chi connectivity index (χ0) is 16.8. The van der Waals surface area contributed by atoms with Crippen LogP contribution in [0.15, 0.2) is 24.3 Å². The summed E-state index contributed by atoms with van der Waals surface area (Å²) in [7, 11) is 0. The molecule has 1 aliphatic heterocycles. The highest BCUT2D eigenvalue weighted by Gasteiger charge is 2.28. The van der Waals surface area contributed by atoms with E-state index in [1.807, 2.05) is 6.92 Å². The molecule has 1 atom stereocenters. The third-order valence-corrected chi connectivity index (χ3v) is 3.59. The van der Waals surface area contributed by atoms with Crippen molar-refractivity contribution >= 4 is 23.5 Å². The van der Waals surface area contributed by atoms with Gasteiger partial charge in [0.1, 0.15) is 18.3 Å². The van der Waals surface area contributed by atoms with Gasteiger partial charge in [-0.3, -0.25) is 14.5 Å². The third-order valence-electron chi connectivity index (χ3n) is 3.59. The Morgan fingerprint density at radius 2 is 2.13 bits per heavy atom. The second kappa shape index (κ2) is 7.62. The maximum atomic E-state index is 12.1. The molecule has 0 unspecified atom stereocenters. The maximum absolute atomic E-state index is 12.1. The number of amides is 2. The summed E-state index contributed by atoms with van der Waals surface area (Å²) in [5, 5.41) is 11.6. The van der Waals surface area contributed by atoms with Crippen LogP contribution in [0.5, 0.6) is 5.75 Å². The van der Waals surface area contributed by atoms with Crippen LogP contribution in [0.1, 0.15) is 26.2 Å². The van der Waals surface area contributed by atoms with Crippen LogP contribution in [-0.4, -0.2) is 42.1 Å². The Hall–Kier alpha value is -2.57. The number of rotatable bonds is 7. The average Bonchev–Trinajstić information content (AvgIpc) is 2.54. The van der Waals surface area contributed by atoms with Crippen molar-refractivity contribution in [2.45, 2.75) is 32.2 Å². The fraction of sp³-hybridized carbons (Fsp3) is 0.438. The number of para-hydroxylation sites is 2. The molecule has 7 nitrogen and oxygen atoms in total. The van der Waals surface area contributed by atoms with E-state index >= 15 is 0 Å². The smallest absolute Gasteiger partial charge is 0.326 e. The van der Waals surface area contributed by atoms with Crippen LogP contribution in [0.3, 0.4) is 0 Å². The molecule has 23 heavy (non-hydrogen) atoms. The molecule has 0 saturated heterocycles. The number of fused-ring (bicyclic) bond motifs is 1. The molecule has 0 saturated carbocycles. The van der Waals surface area contributed by atoms with Gasteiger partial charge in [0, 0.05) is 0 Å². The number of hydrogen-bond donors (Lipinski definition) is 2. The molecule has 0 radical (unpaired) electrons. The number of benzene rings is 1. The minimum Gasteiger partial charge on any atom is -0.482 e. The van der Waals surface area contributed by atoms with Gasteiger partial charge in [-0.25, -0.2) is 4.79 Å². The summed E-state index contributed by atoms with van der Waals surface area (Å²) >= 11 is 0. The van der Waals surface area contributed by atoms with Crippen LogP contribution in [0.25, 0.3) is 0 Å². The minimum atomic E-state index is -1.07. The molecule has 2 N–H and O–H groups in total. The molecule has 0 aliphatic carbocycles. The number of nitrogens with one attached hydrogen (secondary N) is 1. The molecular weight excluding hydrogens is 300 g/mol. The van der Waals surface area contributed by atoms with E-state index in [4.69, 9.17) is 9.84 Å². The van der Waals surface area contributed by atoms with Crippen molar-refractivity contribution in [2.24, 2.45) is 0 Å². The van der Waals surface area contributed by atoms with Crippen molar-refractivity contribution in [3.05, 3.63) is 24.3 Å². The highest BCUT2D eigenvalue weighted by atomic mass is 16.5. The van der Waals surface area contributed by atoms with E-state index in [9.17, 15) is 14.4 Å². The van der Waals surface area contributed by atoms with Crippen LogP contribution in [-0.2, 0) is 14.4 Å². The number of carbonyl (C=O) groups excluding carboxylic acids is 2. The monoisotopic (exact) mass is 320 g/mol. The lowest BCUT2D eigenvalue weighted by molar-refractivity contribution is -0.141. The van der Waals surface area contributed by atoms with Crippen molar-refractivity contribution in [3.8, 4) is 5.75 Å². The van der Waals surface area contributed by atoms with E-state index in [0.717, 1.165) is 6.42 Å². The predicted molar refractivity (Wildman–Crippen MR) is 83.4 cm³/mol. The molecule has 2 amide bonds. The Labute approximate surface area is 134 Å². The Kier molecular flexibility index (Phi) is 5.56. The van der Waals surface area contributed by atoms with Gasteiger partial charge in [0.25, 0.3) is 5.91 Å². The third kappa shape index (κ3) is 4.21. The van der Waals surface area contributed by atoms with Gasteiger partial charge in [-0.15, -0.1) is 0 Å². The Morgan fingerprint density at radius 1 is 1.39 bits per heavy atom. The summed E-state index contributed by atoms with van der Waals surface area (Å²) in [5.74, 6) is -1.38. The number of hydrogen-bond acceptors (Lipinski definition) is 4. The van der Waals surface area contributed by atoms with Gasteiger partial charge in [0.2, 0.25) is 5.91 Å². The van der Waals surface area contributed by atoms with Gasteiger partial charge < -0.3 is 15.2 Å². The molecule has 0 aromatic heterocycles. The first-order valence-corrected chi connectivity index (χ1v) is 7.57. The highest BCUT2D eigenvalue weighted by molar-refractivity contribution is 6.02. The van der Waals surface area contributed by atoms with Crippen molar-refractivity contribution in [3.63, 3.8) is 0 Å². The Bertz CT molecular complexity index is 602. The van der Waals surface area contributed by atoms with Gasteiger partial charge in [0.05, 0.1) is 5.69 Å². The lowest BCUT2D eigenvalue weighted by atomic mass is 10.1. The molecule has 0 bridgehead atoms. The molecule has 0 fully saturated rings. The fourth-order valence-electron chi connectivity index (χ4n) is 2.38. The summed E-state index contributed by atoms with van der Waals surface area (Å²) in [6.45, 7) is 1.58. The summed E-state index contributed by atoms with van der Waals surface area (Å²) in [6, 6.07) is 5.98. The maximum Gasteiger partial charge on any atom is 0.326 e. The van der Waals surface area contributed by atoms with E-state index in [-0.39, 0.29) is 19.1 Å². The molecule has 2 rings (SSSR count). The number of carboxylic acid groups (broad SMARTS) is 1. The quantitative estimate of drug-likeness (QED) is 0.786. The summed E-state index contributed by atoms with van der Waals surface area (Å²) in [4.78, 5) is 36.6. The predicted octanol–water partition coefficient (Wildman–Crippen LogP) is 1.17. The first-order valence-electron chi connectivity index (χ1n) is 7.57.